The molecule has 16 rings (SSSR count). The highest BCUT2D eigenvalue weighted by atomic mass is 35.5. The molecular weight excluding hydrogens is 1430 g/mol. The molecule has 0 unspecified atom stereocenters. The van der Waals surface area contributed by atoms with Gasteiger partial charge < -0.3 is 19.3 Å². The molecule has 0 radical (unpaired) electrons. The molecule has 0 atom stereocenters. The lowest BCUT2D eigenvalue weighted by Crippen LogP contribution is -2.05. The topological polar surface area (TPSA) is 209 Å². The molecule has 0 aliphatic carbocycles. The summed E-state index contributed by atoms with van der Waals surface area (Å²) in [6.07, 6.45) is 14.1. The van der Waals surface area contributed by atoms with E-state index in [-0.39, 0.29) is 6.61 Å². The Morgan fingerprint density at radius 1 is 0.495 bits per heavy atom. The molecule has 1 N–H and O–H groups in total. The number of benzene rings is 6. The van der Waals surface area contributed by atoms with E-state index in [1.165, 1.54) is 20.0 Å². The number of methoxy groups -OCH3 is 2. The Bertz CT molecular complexity index is 5410. The van der Waals surface area contributed by atoms with Crippen LogP contribution in [0.1, 0.15) is 52.4 Å². The van der Waals surface area contributed by atoms with E-state index in [1.807, 2.05) is 219 Å². The predicted molar refractivity (Wildman–Crippen MR) is 401 cm³/mol. The number of aromatic nitrogens is 15. The van der Waals surface area contributed by atoms with Crippen LogP contribution in [0.2, 0.25) is 30.1 Å². The van der Waals surface area contributed by atoms with Crippen LogP contribution in [0.25, 0.3) is 84.9 Å². The standard InChI is InChI=1S/C24H17Cl2N5O2.C24H19Cl2N5O.C23H17Cl2N5O.C4H8O.CH3F/c1-33-24(32)18-12-15(5-10-19(18)26)13-30-14-20(28-29-30)23-22(16-6-8-17(25)9-7-16)27-21-4-2-3-11-31(21)23;1-32-15-18-12-16(5-10-20(18)26)13-30-14-21(28-29-30)24-23(17-6-8-19(25)9-7-17)27-22-4-2-3-11-31(22)24;24-18-7-5-16(6-8-18)22-23(30-10-2-1-3-21(30)26-22)20-13-29(28-27-20)12-15-4-9-19(25)17(11-15)14-31;1-2-4-5-3-1;1-2/h2-12,14H,13H2,1H3;2-12,14H,13,15H2,1H3;1-11,13,31H,12,14H2;1-4H2;1H3/i;;;;1D. The molecule has 0 amide bonds. The normalized spacial score (nSPS) is 11.8. The fourth-order valence-electron chi connectivity index (χ4n) is 11.5. The number of pyridine rings is 3. The first-order chi connectivity index (χ1) is 50.7. The minimum Gasteiger partial charge on any atom is -0.465 e. The van der Waals surface area contributed by atoms with E-state index < -0.39 is 13.1 Å². The summed E-state index contributed by atoms with van der Waals surface area (Å²) in [7, 11) is 1.98. The van der Waals surface area contributed by atoms with E-state index in [4.69, 9.17) is 100 Å². The van der Waals surface area contributed by atoms with Gasteiger partial charge in [0.2, 0.25) is 0 Å². The predicted octanol–water partition coefficient (Wildman–Crippen LogP) is 17.7. The van der Waals surface area contributed by atoms with Crippen LogP contribution in [0.3, 0.4) is 0 Å². The van der Waals surface area contributed by atoms with E-state index in [2.05, 4.69) is 30.9 Å². The number of aliphatic hydroxyl groups is 1. The highest BCUT2D eigenvalue weighted by Gasteiger charge is 2.23. The molecule has 1 aliphatic rings. The van der Waals surface area contributed by atoms with Crippen LogP contribution in [0, 0.1) is 0 Å². The van der Waals surface area contributed by atoms with Crippen LogP contribution in [-0.4, -0.2) is 119 Å². The molecule has 10 heterocycles. The molecule has 1 fully saturated rings. The fourth-order valence-corrected chi connectivity index (χ4v) is 12.4. The van der Waals surface area contributed by atoms with Crippen LogP contribution >= 0.6 is 69.6 Å². The van der Waals surface area contributed by atoms with E-state index in [9.17, 15) is 14.3 Å². The number of alkyl halides is 1. The van der Waals surface area contributed by atoms with Crippen molar-refractivity contribution in [3.63, 3.8) is 0 Å². The van der Waals surface area contributed by atoms with Gasteiger partial charge in [0.15, 0.2) is 0 Å². The number of halogens is 7. The Kier molecular flexibility index (Phi) is 23.7. The maximum absolute atomic E-state index is 12.0. The largest absolute Gasteiger partial charge is 0.465 e. The van der Waals surface area contributed by atoms with E-state index in [0.717, 1.165) is 109 Å². The first-order valence-corrected chi connectivity index (χ1v) is 34.3. The maximum Gasteiger partial charge on any atom is 0.339 e. The Hall–Kier alpha value is -10.2. The maximum atomic E-state index is 12.0. The summed E-state index contributed by atoms with van der Waals surface area (Å²) in [6.45, 7) is 3.82. The number of carbonyl (C=O) groups is 1. The number of carbonyl (C=O) groups excluding carboxylic acids is 1. The van der Waals surface area contributed by atoms with Gasteiger partial charge in [-0.15, -0.1) is 15.3 Å². The van der Waals surface area contributed by atoms with Crippen LogP contribution in [-0.2, 0) is 47.1 Å². The van der Waals surface area contributed by atoms with E-state index >= 15 is 0 Å². The number of esters is 1. The molecule has 9 aromatic heterocycles. The van der Waals surface area contributed by atoms with Gasteiger partial charge in [-0.3, -0.25) is 17.6 Å². The van der Waals surface area contributed by atoms with Crippen molar-refractivity contribution in [3.8, 4) is 67.9 Å². The van der Waals surface area contributed by atoms with Crippen LogP contribution in [0.5, 0.6) is 0 Å². The zero-order valence-corrected chi connectivity index (χ0v) is 59.8. The number of hydrogen-bond acceptors (Lipinski definition) is 14. The molecule has 1 saturated heterocycles. The van der Waals surface area contributed by atoms with E-state index in [0.29, 0.717) is 78.9 Å². The van der Waals surface area contributed by atoms with Crippen molar-refractivity contribution in [3.05, 3.63) is 283 Å². The number of imidazole rings is 3. The van der Waals surface area contributed by atoms with Crippen molar-refractivity contribution in [1.82, 2.24) is 73.1 Å². The van der Waals surface area contributed by atoms with Gasteiger partial charge in [0.25, 0.3) is 0 Å². The Morgan fingerprint density at radius 3 is 1.20 bits per heavy atom. The molecule has 27 heteroatoms. The first kappa shape index (κ1) is 71.2. The molecule has 1 aliphatic heterocycles. The third-order valence-corrected chi connectivity index (χ3v) is 18.1. The third-order valence-electron chi connectivity index (χ3n) is 16.3. The minimum atomic E-state index is -1.00. The number of nitrogens with zero attached hydrogens (tertiary/aromatic N) is 15. The summed E-state index contributed by atoms with van der Waals surface area (Å²) in [5.41, 5.74) is 17.2. The van der Waals surface area contributed by atoms with Crippen molar-refractivity contribution in [2.45, 2.75) is 45.7 Å². The molecule has 103 heavy (non-hydrogen) atoms. The molecule has 522 valence electrons. The van der Waals surface area contributed by atoms with Crippen molar-refractivity contribution in [1.29, 1.82) is 0 Å². The lowest BCUT2D eigenvalue weighted by Gasteiger charge is -2.07. The number of hydrogen-bond donors (Lipinski definition) is 1. The Labute approximate surface area is 622 Å². The monoisotopic (exact) mass is 1500 g/mol. The van der Waals surface area contributed by atoms with E-state index in [1.54, 1.807) is 34.7 Å². The van der Waals surface area contributed by atoms with Gasteiger partial charge >= 0.3 is 5.97 Å². The SMILES string of the molecule is C1CCOC1.COC(=O)c1cc(Cn2cc(-c3c(-c4ccc(Cl)cc4)nc4ccccn34)nn2)ccc1Cl.COCc1cc(Cn2cc(-c3c(-c4ccc(Cl)cc4)nc4ccccn34)nn2)ccc1Cl.OCc1cc(Cn2cc(-c3c(-c4ccc(Cl)cc4)nc4ccccn34)nn2)ccc1Cl.[2H]CF. The van der Waals surface area contributed by atoms with Gasteiger partial charge in [0.1, 0.15) is 51.1 Å². The zero-order valence-electron chi connectivity index (χ0n) is 56.3. The Balaban J connectivity index is 0.000000139. The average Bonchev–Trinajstić information content (AvgIpc) is 1.63. The van der Waals surface area contributed by atoms with Gasteiger partial charge in [-0.25, -0.2) is 33.8 Å². The molecule has 0 spiro atoms. The average molecular weight is 1500 g/mol. The Morgan fingerprint density at radius 2 is 0.854 bits per heavy atom. The van der Waals surface area contributed by atoms with Crippen molar-refractivity contribution < 1.29 is 29.9 Å². The highest BCUT2D eigenvalue weighted by molar-refractivity contribution is 6.34. The van der Waals surface area contributed by atoms with Gasteiger partial charge in [-0.1, -0.05) is 170 Å². The van der Waals surface area contributed by atoms with Crippen molar-refractivity contribution in [2.24, 2.45) is 0 Å². The van der Waals surface area contributed by atoms with Gasteiger partial charge in [-0.05, 0) is 138 Å². The summed E-state index contributed by atoms with van der Waals surface area (Å²) in [4.78, 5) is 26.4. The summed E-state index contributed by atoms with van der Waals surface area (Å²) < 4.78 is 41.8. The van der Waals surface area contributed by atoms with Crippen molar-refractivity contribution in [2.75, 3.05) is 34.6 Å². The summed E-state index contributed by atoms with van der Waals surface area (Å²) in [5, 5.41) is 39.3. The fraction of sp³-hybridized carbons (Fsp3) is 0.158. The van der Waals surface area contributed by atoms with Gasteiger partial charge in [0.05, 0.1) is 94.7 Å². The highest BCUT2D eigenvalue weighted by Crippen LogP contribution is 2.36. The number of ether oxygens (including phenoxy) is 3. The molecule has 20 nitrogen and oxygen atoms in total. The second-order valence-corrected chi connectivity index (χ2v) is 25.7. The van der Waals surface area contributed by atoms with Crippen LogP contribution < -0.4 is 0 Å². The second kappa shape index (κ2) is 34.2. The van der Waals surface area contributed by atoms with Crippen molar-refractivity contribution >= 4 is 92.5 Å². The summed E-state index contributed by atoms with van der Waals surface area (Å²) in [6, 6.07) is 57.0. The summed E-state index contributed by atoms with van der Waals surface area (Å²) >= 11 is 36.7. The molecule has 15 aromatic rings. The molecule has 6 aromatic carbocycles. The van der Waals surface area contributed by atoms with Crippen LogP contribution in [0.4, 0.5) is 4.39 Å². The third kappa shape index (κ3) is 17.3. The lowest BCUT2D eigenvalue weighted by atomic mass is 10.1. The van der Waals surface area contributed by atoms with Crippen LogP contribution in [0.15, 0.2) is 219 Å². The number of rotatable bonds is 16. The van der Waals surface area contributed by atoms with Gasteiger partial charge in [-0.2, -0.15) is 0 Å². The smallest absolute Gasteiger partial charge is 0.339 e. The number of aliphatic hydroxyl groups excluding tert-OH is 1. The zero-order chi connectivity index (χ0) is 72.6. The number of fused-ring (bicyclic) bond motifs is 3. The molecule has 0 saturated carbocycles. The molecule has 0 bridgehead atoms. The summed E-state index contributed by atoms with van der Waals surface area (Å²) in [5.74, 6) is -0.487. The molecular formula is C76H64Cl6FN15O5. The quantitative estimate of drug-likeness (QED) is 0.0893. The first-order valence-electron chi connectivity index (χ1n) is 32.7. The lowest BCUT2D eigenvalue weighted by molar-refractivity contribution is 0.0600. The second-order valence-electron chi connectivity index (χ2n) is 23.2. The minimum absolute atomic E-state index is 0.110. The van der Waals surface area contributed by atoms with Gasteiger partial charge in [0, 0.05) is 80.7 Å².